The third-order valence-corrected chi connectivity index (χ3v) is 6.23. The van der Waals surface area contributed by atoms with Gasteiger partial charge in [0, 0.05) is 30.8 Å². The van der Waals surface area contributed by atoms with Crippen molar-refractivity contribution in [2.75, 3.05) is 26.9 Å². The topological polar surface area (TPSA) is 190 Å². The van der Waals surface area contributed by atoms with Gasteiger partial charge in [0.25, 0.3) is 0 Å². The number of carbonyl (C=O) groups excluding carboxylic acids is 3. The molecule has 4 rings (SSSR count). The number of allylic oxidation sites excluding steroid dienone is 2. The summed E-state index contributed by atoms with van der Waals surface area (Å²) in [5.41, 5.74) is 4.06. The Hall–Kier alpha value is -2.96. The third-order valence-electron chi connectivity index (χ3n) is 6.23. The monoisotopic (exact) mass is 422 g/mol. The van der Waals surface area contributed by atoms with Crippen LogP contribution >= 0.6 is 0 Å². The number of ether oxygens (including phenoxy) is 2. The fourth-order valence-corrected chi connectivity index (χ4v) is 4.82. The highest BCUT2D eigenvalue weighted by Crippen LogP contribution is 2.55. The number of nitrogens with two attached hydrogens (primary N) is 1. The number of nitrogens with zero attached hydrogens (tertiary/aromatic N) is 1. The Labute approximate surface area is 170 Å². The second kappa shape index (κ2) is 6.79. The predicted molar refractivity (Wildman–Crippen MR) is 97.6 cm³/mol. The van der Waals surface area contributed by atoms with Gasteiger partial charge in [-0.3, -0.25) is 9.59 Å². The van der Waals surface area contributed by atoms with Gasteiger partial charge < -0.3 is 41.0 Å². The predicted octanol–water partition coefficient (Wildman–Crippen LogP) is -2.57. The first-order valence-corrected chi connectivity index (χ1v) is 9.34. The zero-order valence-corrected chi connectivity index (χ0v) is 16.3. The summed E-state index contributed by atoms with van der Waals surface area (Å²) in [6.45, 7) is 0.764. The quantitative estimate of drug-likeness (QED) is 0.214. The molecular formula is C18H22N4O8. The molecule has 12 nitrogen and oxygen atoms in total. The van der Waals surface area contributed by atoms with E-state index in [9.17, 15) is 29.4 Å². The molecule has 0 aromatic heterocycles. The van der Waals surface area contributed by atoms with Gasteiger partial charge in [0.2, 0.25) is 11.6 Å². The van der Waals surface area contributed by atoms with E-state index in [1.165, 1.54) is 14.0 Å². The van der Waals surface area contributed by atoms with Crippen molar-refractivity contribution < 1.29 is 38.9 Å². The van der Waals surface area contributed by atoms with Crippen LogP contribution in [0.5, 0.6) is 0 Å². The summed E-state index contributed by atoms with van der Waals surface area (Å²) in [6.07, 6.45) is -1.04. The molecule has 4 unspecified atom stereocenters. The highest BCUT2D eigenvalue weighted by atomic mass is 16.6. The van der Waals surface area contributed by atoms with E-state index in [1.54, 1.807) is 4.90 Å². The molecule has 4 aliphatic rings. The van der Waals surface area contributed by atoms with Crippen molar-refractivity contribution >= 4 is 23.6 Å². The summed E-state index contributed by atoms with van der Waals surface area (Å²) in [4.78, 5) is 51.0. The number of carboxylic acid groups (broad SMARTS) is 1. The molecule has 2 saturated heterocycles. The first-order chi connectivity index (χ1) is 14.2. The van der Waals surface area contributed by atoms with Crippen molar-refractivity contribution in [3.05, 3.63) is 22.5 Å². The third kappa shape index (κ3) is 2.57. The number of primary amides is 1. The molecule has 162 valence electrons. The van der Waals surface area contributed by atoms with Gasteiger partial charge in [-0.2, -0.15) is 0 Å². The Bertz CT molecular complexity index is 927. The number of hydrogen-bond acceptors (Lipinski definition) is 10. The first kappa shape index (κ1) is 20.3. The smallest absolute Gasteiger partial charge is 0.404 e. The summed E-state index contributed by atoms with van der Waals surface area (Å²) in [5.74, 6) is -3.27. The summed E-state index contributed by atoms with van der Waals surface area (Å²) in [6, 6.07) is -1.59. The van der Waals surface area contributed by atoms with Crippen molar-refractivity contribution in [3.8, 4) is 0 Å². The van der Waals surface area contributed by atoms with Gasteiger partial charge in [0.05, 0.1) is 30.0 Å². The molecule has 3 aliphatic heterocycles. The second-order valence-electron chi connectivity index (χ2n) is 7.64. The molecule has 0 saturated carbocycles. The van der Waals surface area contributed by atoms with Crippen molar-refractivity contribution in [1.29, 1.82) is 0 Å². The molecule has 0 radical (unpaired) electrons. The van der Waals surface area contributed by atoms with Crippen LogP contribution in [0.2, 0.25) is 0 Å². The molecule has 0 aromatic carbocycles. The number of fused-ring (bicyclic) bond motifs is 4. The molecule has 0 aromatic rings. The molecule has 5 atom stereocenters. The fraction of sp³-hybridized carbons (Fsp3) is 0.556. The molecule has 3 heterocycles. The van der Waals surface area contributed by atoms with Crippen LogP contribution < -0.4 is 16.4 Å². The van der Waals surface area contributed by atoms with Gasteiger partial charge in [-0.1, -0.05) is 0 Å². The Morgan fingerprint density at radius 1 is 1.40 bits per heavy atom. The van der Waals surface area contributed by atoms with Crippen molar-refractivity contribution in [1.82, 2.24) is 15.5 Å². The van der Waals surface area contributed by atoms with E-state index in [2.05, 4.69) is 10.6 Å². The van der Waals surface area contributed by atoms with Crippen molar-refractivity contribution in [3.63, 3.8) is 0 Å². The number of aliphatic hydroxyl groups excluding tert-OH is 1. The minimum Gasteiger partial charge on any atom is -0.480 e. The average Bonchev–Trinajstić information content (AvgIpc) is 3.30. The number of Topliss-reactive ketones (excluding diaryl/α,β-unsaturated/α-hetero) is 2. The largest absolute Gasteiger partial charge is 0.480 e. The molecule has 0 bridgehead atoms. The minimum atomic E-state index is -1.47. The number of rotatable bonds is 7. The number of nitrogens with one attached hydrogen (secondary N) is 2. The van der Waals surface area contributed by atoms with Gasteiger partial charge >= 0.3 is 12.1 Å². The summed E-state index contributed by atoms with van der Waals surface area (Å²) >= 11 is 0. The Kier molecular flexibility index (Phi) is 4.60. The number of hydrogen-bond donors (Lipinski definition) is 5. The molecule has 30 heavy (non-hydrogen) atoms. The molecular weight excluding hydrogens is 400 g/mol. The number of carboxylic acids is 1. The van der Waals surface area contributed by atoms with E-state index in [-0.39, 0.29) is 41.2 Å². The fourth-order valence-electron chi connectivity index (χ4n) is 4.82. The molecule has 6 N–H and O–H groups in total. The SMILES string of the molecule is CO[C@@]12C(COC(N)=O)C3=C(C(=O)C(C)=C(NC(CO)C(=O)O)C3=O)N1CC1NC12. The zero-order valence-electron chi connectivity index (χ0n) is 16.3. The van der Waals surface area contributed by atoms with E-state index in [0.717, 1.165) is 0 Å². The zero-order chi connectivity index (χ0) is 22.0. The van der Waals surface area contributed by atoms with Crippen LogP contribution in [-0.2, 0) is 23.9 Å². The first-order valence-electron chi connectivity index (χ1n) is 9.34. The molecule has 2 fully saturated rings. The molecule has 0 spiro atoms. The maximum absolute atomic E-state index is 13.4. The lowest BCUT2D eigenvalue weighted by atomic mass is 9.82. The van der Waals surface area contributed by atoms with Crippen LogP contribution in [-0.4, -0.2) is 89.5 Å². The van der Waals surface area contributed by atoms with Crippen LogP contribution in [0.25, 0.3) is 0 Å². The Morgan fingerprint density at radius 3 is 2.67 bits per heavy atom. The molecule has 1 amide bonds. The van der Waals surface area contributed by atoms with E-state index in [0.29, 0.717) is 6.54 Å². The minimum absolute atomic E-state index is 0.0356. The molecule has 1 aliphatic carbocycles. The maximum atomic E-state index is 13.4. The highest BCUT2D eigenvalue weighted by Gasteiger charge is 2.72. The second-order valence-corrected chi connectivity index (χ2v) is 7.64. The van der Waals surface area contributed by atoms with Crippen LogP contribution in [0.4, 0.5) is 4.79 Å². The van der Waals surface area contributed by atoms with Gasteiger partial charge in [0.15, 0.2) is 5.72 Å². The summed E-state index contributed by atoms with van der Waals surface area (Å²) in [5, 5.41) is 24.2. The number of aliphatic carboxylic acids is 1. The van der Waals surface area contributed by atoms with E-state index >= 15 is 0 Å². The van der Waals surface area contributed by atoms with Gasteiger partial charge in [-0.05, 0) is 6.92 Å². The van der Waals surface area contributed by atoms with E-state index in [4.69, 9.17) is 15.2 Å². The Morgan fingerprint density at radius 2 is 2.10 bits per heavy atom. The van der Waals surface area contributed by atoms with E-state index < -0.39 is 47.9 Å². The molecule has 12 heteroatoms. The van der Waals surface area contributed by atoms with Crippen molar-refractivity contribution in [2.24, 2.45) is 11.7 Å². The van der Waals surface area contributed by atoms with Crippen molar-refractivity contribution in [2.45, 2.75) is 30.8 Å². The van der Waals surface area contributed by atoms with Crippen LogP contribution in [0.3, 0.4) is 0 Å². The Balaban J connectivity index is 1.77. The lowest BCUT2D eigenvalue weighted by Gasteiger charge is -2.39. The summed E-state index contributed by atoms with van der Waals surface area (Å²) in [7, 11) is 1.45. The number of aliphatic hydroxyl groups is 1. The van der Waals surface area contributed by atoms with Crippen LogP contribution in [0.15, 0.2) is 22.5 Å². The average molecular weight is 422 g/mol. The normalized spacial score (nSPS) is 32.6. The summed E-state index contributed by atoms with van der Waals surface area (Å²) < 4.78 is 10.8. The maximum Gasteiger partial charge on any atom is 0.404 e. The lowest BCUT2D eigenvalue weighted by molar-refractivity contribution is -0.140. The number of carbonyl (C=O) groups is 4. The number of piperazine rings is 1. The highest BCUT2D eigenvalue weighted by molar-refractivity contribution is 6.25. The van der Waals surface area contributed by atoms with Crippen LogP contribution in [0, 0.1) is 5.92 Å². The van der Waals surface area contributed by atoms with Gasteiger partial charge in [0.1, 0.15) is 12.6 Å². The van der Waals surface area contributed by atoms with Crippen LogP contribution in [0.1, 0.15) is 6.92 Å². The van der Waals surface area contributed by atoms with Gasteiger partial charge in [-0.25, -0.2) is 9.59 Å². The number of amides is 1. The number of methoxy groups -OCH3 is 1. The van der Waals surface area contributed by atoms with Gasteiger partial charge in [-0.15, -0.1) is 0 Å². The standard InChI is InChI=1S/C18H22N4O8/c1-6-11(20-9(4-23)16(26)27)14(25)10-7(5-30-17(19)28)18(29-2)15-8(21-15)3-22(18)12(10)13(6)24/h7-9,15,20-21,23H,3-5H2,1-2H3,(H2,19,28)(H,26,27)/t7?,8?,9?,15?,18-/m1/s1. The lowest BCUT2D eigenvalue weighted by Crippen LogP contribution is -2.55. The van der Waals surface area contributed by atoms with E-state index in [1.807, 2.05) is 0 Å². The number of ketones is 2.